The van der Waals surface area contributed by atoms with E-state index in [9.17, 15) is 4.79 Å². The Balaban J connectivity index is 0.00000242. The average Bonchev–Trinajstić information content (AvgIpc) is 2.54. The van der Waals surface area contributed by atoms with Crippen LogP contribution in [0.15, 0.2) is 30.3 Å². The van der Waals surface area contributed by atoms with Crippen molar-refractivity contribution in [3.63, 3.8) is 0 Å². The summed E-state index contributed by atoms with van der Waals surface area (Å²) < 4.78 is 5.06. The highest BCUT2D eigenvalue weighted by molar-refractivity contribution is 5.85. The molecule has 0 saturated carbocycles. The van der Waals surface area contributed by atoms with E-state index in [0.29, 0.717) is 12.6 Å². The van der Waals surface area contributed by atoms with Crippen LogP contribution < -0.4 is 0 Å². The summed E-state index contributed by atoms with van der Waals surface area (Å²) in [5, 5.41) is 0. The van der Waals surface area contributed by atoms with Crippen molar-refractivity contribution in [1.29, 1.82) is 0 Å². The van der Waals surface area contributed by atoms with Gasteiger partial charge in [-0.25, -0.2) is 4.79 Å². The van der Waals surface area contributed by atoms with Crippen molar-refractivity contribution in [1.82, 2.24) is 9.80 Å². The van der Waals surface area contributed by atoms with Crippen molar-refractivity contribution in [3.05, 3.63) is 35.9 Å². The second-order valence-corrected chi connectivity index (χ2v) is 5.63. The zero-order valence-electron chi connectivity index (χ0n) is 13.5. The molecule has 0 radical (unpaired) electrons. The summed E-state index contributed by atoms with van der Waals surface area (Å²) in [6.45, 7) is 4.98. The first-order valence-electron chi connectivity index (χ1n) is 7.86. The fraction of sp³-hybridized carbons (Fsp3) is 0.588. The minimum Gasteiger partial charge on any atom is -0.450 e. The molecule has 124 valence electrons. The van der Waals surface area contributed by atoms with Crippen molar-refractivity contribution in [2.45, 2.75) is 32.2 Å². The molecule has 1 fully saturated rings. The van der Waals surface area contributed by atoms with Crippen molar-refractivity contribution < 1.29 is 9.53 Å². The van der Waals surface area contributed by atoms with E-state index in [4.69, 9.17) is 4.74 Å². The average molecular weight is 327 g/mol. The lowest BCUT2D eigenvalue weighted by molar-refractivity contribution is 0.0810. The highest BCUT2D eigenvalue weighted by atomic mass is 35.5. The van der Waals surface area contributed by atoms with Gasteiger partial charge in [0, 0.05) is 25.7 Å². The number of benzene rings is 1. The quantitative estimate of drug-likeness (QED) is 0.833. The number of rotatable bonds is 5. The molecule has 0 aliphatic carbocycles. The molecule has 0 unspecified atom stereocenters. The van der Waals surface area contributed by atoms with E-state index in [0.717, 1.165) is 38.9 Å². The molecule has 5 heteroatoms. The molecule has 1 saturated heterocycles. The standard InChI is InChI=1S/C17H26N2O2.ClH/c1-3-21-17(20)19-13-10-16(11-14-19)18(2)12-9-15-7-5-4-6-8-15;/h4-8,16H,3,9-14H2,1-2H3;1H. The van der Waals surface area contributed by atoms with E-state index < -0.39 is 0 Å². The predicted octanol–water partition coefficient (Wildman–Crippen LogP) is 3.20. The van der Waals surface area contributed by atoms with Crippen LogP contribution in [0, 0.1) is 0 Å². The largest absolute Gasteiger partial charge is 0.450 e. The van der Waals surface area contributed by atoms with E-state index >= 15 is 0 Å². The molecule has 2 rings (SSSR count). The third kappa shape index (κ3) is 5.50. The lowest BCUT2D eigenvalue weighted by Crippen LogP contribution is -2.46. The molecule has 0 N–H and O–H groups in total. The molecular formula is C17H27ClN2O2. The van der Waals surface area contributed by atoms with Gasteiger partial charge in [0.05, 0.1) is 6.61 Å². The van der Waals surface area contributed by atoms with Crippen LogP contribution in [0.1, 0.15) is 25.3 Å². The van der Waals surface area contributed by atoms with Gasteiger partial charge in [-0.3, -0.25) is 0 Å². The number of halogens is 1. The van der Waals surface area contributed by atoms with Crippen LogP contribution >= 0.6 is 12.4 Å². The Labute approximate surface area is 139 Å². The van der Waals surface area contributed by atoms with Crippen LogP contribution in [-0.2, 0) is 11.2 Å². The van der Waals surface area contributed by atoms with Gasteiger partial charge in [-0.1, -0.05) is 30.3 Å². The first-order valence-corrected chi connectivity index (χ1v) is 7.86. The maximum absolute atomic E-state index is 11.7. The number of piperidine rings is 1. The lowest BCUT2D eigenvalue weighted by Gasteiger charge is -2.36. The Bertz CT molecular complexity index is 434. The molecule has 1 heterocycles. The number of hydrogen-bond donors (Lipinski definition) is 0. The SMILES string of the molecule is CCOC(=O)N1CCC(N(C)CCc2ccccc2)CC1.Cl. The van der Waals surface area contributed by atoms with Gasteiger partial charge in [0.2, 0.25) is 0 Å². The van der Waals surface area contributed by atoms with Gasteiger partial charge >= 0.3 is 6.09 Å². The van der Waals surface area contributed by atoms with E-state index in [2.05, 4.69) is 42.3 Å². The minimum atomic E-state index is -0.164. The number of likely N-dealkylation sites (tertiary alicyclic amines) is 1. The molecule has 1 aliphatic heterocycles. The number of amides is 1. The smallest absolute Gasteiger partial charge is 0.409 e. The Hall–Kier alpha value is -1.26. The third-order valence-corrected chi connectivity index (χ3v) is 4.21. The van der Waals surface area contributed by atoms with Gasteiger partial charge in [0.1, 0.15) is 0 Å². The first-order chi connectivity index (χ1) is 10.2. The van der Waals surface area contributed by atoms with Gasteiger partial charge in [0.15, 0.2) is 0 Å². The van der Waals surface area contributed by atoms with Crippen LogP contribution in [0.4, 0.5) is 4.79 Å². The lowest BCUT2D eigenvalue weighted by atomic mass is 10.0. The molecule has 22 heavy (non-hydrogen) atoms. The van der Waals surface area contributed by atoms with Crippen LogP contribution in [0.5, 0.6) is 0 Å². The van der Waals surface area contributed by atoms with Gasteiger partial charge in [0.25, 0.3) is 0 Å². The maximum Gasteiger partial charge on any atom is 0.409 e. The Kier molecular flexibility index (Phi) is 8.28. The van der Waals surface area contributed by atoms with Crippen LogP contribution in [0.3, 0.4) is 0 Å². The van der Waals surface area contributed by atoms with Gasteiger partial charge in [-0.05, 0) is 38.8 Å². The number of nitrogens with zero attached hydrogens (tertiary/aromatic N) is 2. The second-order valence-electron chi connectivity index (χ2n) is 5.63. The monoisotopic (exact) mass is 326 g/mol. The minimum absolute atomic E-state index is 0. The van der Waals surface area contributed by atoms with Gasteiger partial charge in [-0.2, -0.15) is 0 Å². The number of ether oxygens (including phenoxy) is 1. The van der Waals surface area contributed by atoms with Gasteiger partial charge in [-0.15, -0.1) is 12.4 Å². The molecule has 1 amide bonds. The number of hydrogen-bond acceptors (Lipinski definition) is 3. The fourth-order valence-corrected chi connectivity index (χ4v) is 2.84. The predicted molar refractivity (Wildman–Crippen MR) is 91.6 cm³/mol. The molecule has 1 aliphatic rings. The van der Waals surface area contributed by atoms with E-state index in [1.807, 2.05) is 11.8 Å². The fourth-order valence-electron chi connectivity index (χ4n) is 2.84. The molecule has 0 atom stereocenters. The van der Waals surface area contributed by atoms with Crippen molar-refractivity contribution in [2.24, 2.45) is 0 Å². The van der Waals surface area contributed by atoms with Crippen molar-refractivity contribution in [3.8, 4) is 0 Å². The molecular weight excluding hydrogens is 300 g/mol. The summed E-state index contributed by atoms with van der Waals surface area (Å²) in [7, 11) is 2.19. The van der Waals surface area contributed by atoms with E-state index in [1.54, 1.807) is 0 Å². The first kappa shape index (κ1) is 18.8. The highest BCUT2D eigenvalue weighted by Gasteiger charge is 2.25. The number of carbonyl (C=O) groups excluding carboxylic acids is 1. The number of likely N-dealkylation sites (N-methyl/N-ethyl adjacent to an activating group) is 1. The third-order valence-electron chi connectivity index (χ3n) is 4.21. The van der Waals surface area contributed by atoms with Crippen molar-refractivity contribution >= 4 is 18.5 Å². The molecule has 0 bridgehead atoms. The zero-order valence-corrected chi connectivity index (χ0v) is 14.3. The Morgan fingerprint density at radius 3 is 2.50 bits per heavy atom. The molecule has 1 aromatic rings. The Morgan fingerprint density at radius 1 is 1.27 bits per heavy atom. The highest BCUT2D eigenvalue weighted by Crippen LogP contribution is 2.16. The summed E-state index contributed by atoms with van der Waals surface area (Å²) >= 11 is 0. The van der Waals surface area contributed by atoms with E-state index in [-0.39, 0.29) is 18.5 Å². The van der Waals surface area contributed by atoms with E-state index in [1.165, 1.54) is 5.56 Å². The number of carbonyl (C=O) groups is 1. The summed E-state index contributed by atoms with van der Waals surface area (Å²) in [5.41, 5.74) is 1.38. The van der Waals surface area contributed by atoms with Crippen LogP contribution in [0.25, 0.3) is 0 Å². The van der Waals surface area contributed by atoms with Gasteiger partial charge < -0.3 is 14.5 Å². The summed E-state index contributed by atoms with van der Waals surface area (Å²) in [4.78, 5) is 15.9. The topological polar surface area (TPSA) is 32.8 Å². The second kappa shape index (κ2) is 9.70. The molecule has 0 aromatic heterocycles. The molecule has 4 nitrogen and oxygen atoms in total. The van der Waals surface area contributed by atoms with Crippen LogP contribution in [0.2, 0.25) is 0 Å². The maximum atomic E-state index is 11.7. The summed E-state index contributed by atoms with van der Waals surface area (Å²) in [5.74, 6) is 0. The molecule has 1 aromatic carbocycles. The van der Waals surface area contributed by atoms with Crippen molar-refractivity contribution in [2.75, 3.05) is 33.3 Å². The summed E-state index contributed by atoms with van der Waals surface area (Å²) in [6, 6.07) is 11.2. The zero-order chi connectivity index (χ0) is 15.1. The molecule has 0 spiro atoms. The van der Waals surface area contributed by atoms with Crippen LogP contribution in [-0.4, -0.2) is 55.2 Å². The normalized spacial score (nSPS) is 15.5. The Morgan fingerprint density at radius 2 is 1.91 bits per heavy atom. The summed E-state index contributed by atoms with van der Waals surface area (Å²) in [6.07, 6.45) is 2.98.